The van der Waals surface area contributed by atoms with Crippen LogP contribution in [0.25, 0.3) is 11.3 Å². The Morgan fingerprint density at radius 1 is 1.05 bits per heavy atom. The molecule has 0 aliphatic heterocycles. The van der Waals surface area contributed by atoms with Crippen molar-refractivity contribution in [1.29, 1.82) is 0 Å². The third-order valence-electron chi connectivity index (χ3n) is 3.63. The minimum absolute atomic E-state index is 0.0434. The van der Waals surface area contributed by atoms with E-state index in [1.807, 2.05) is 20.8 Å². The second kappa shape index (κ2) is 5.23. The monoisotopic (exact) mass is 270 g/mol. The van der Waals surface area contributed by atoms with Gasteiger partial charge in [0.15, 0.2) is 0 Å². The number of aryl methyl sites for hydroxylation is 3. The summed E-state index contributed by atoms with van der Waals surface area (Å²) in [4.78, 5) is 19.7. The van der Waals surface area contributed by atoms with Crippen molar-refractivity contribution in [2.75, 3.05) is 0 Å². The quantitative estimate of drug-likeness (QED) is 0.902. The van der Waals surface area contributed by atoms with Crippen molar-refractivity contribution in [1.82, 2.24) is 9.97 Å². The van der Waals surface area contributed by atoms with E-state index in [1.165, 1.54) is 16.7 Å². The molecule has 0 bridgehead atoms. The van der Waals surface area contributed by atoms with Crippen molar-refractivity contribution in [3.63, 3.8) is 0 Å². The highest BCUT2D eigenvalue weighted by atomic mass is 16.1. The lowest BCUT2D eigenvalue weighted by Crippen LogP contribution is -2.17. The number of benzene rings is 1. The maximum atomic E-state index is 12.1. The summed E-state index contributed by atoms with van der Waals surface area (Å²) in [6.07, 6.45) is 0. The number of rotatable bonds is 2. The van der Waals surface area contributed by atoms with Gasteiger partial charge in [-0.15, -0.1) is 0 Å². The third kappa shape index (κ3) is 2.53. The summed E-state index contributed by atoms with van der Waals surface area (Å²) >= 11 is 0. The van der Waals surface area contributed by atoms with E-state index in [2.05, 4.69) is 37.9 Å². The van der Waals surface area contributed by atoms with Crippen molar-refractivity contribution in [3.05, 3.63) is 50.6 Å². The fraction of sp³-hybridized carbons (Fsp3) is 0.412. The molecule has 0 saturated heterocycles. The van der Waals surface area contributed by atoms with E-state index in [-0.39, 0.29) is 11.5 Å². The van der Waals surface area contributed by atoms with E-state index >= 15 is 0 Å². The molecule has 0 atom stereocenters. The summed E-state index contributed by atoms with van der Waals surface area (Å²) in [6.45, 7) is 12.1. The largest absolute Gasteiger partial charge is 0.310 e. The van der Waals surface area contributed by atoms with Crippen molar-refractivity contribution < 1.29 is 0 Å². The van der Waals surface area contributed by atoms with Crippen molar-refractivity contribution >= 4 is 0 Å². The SMILES string of the molecule is Cc1cc(C)c(-c2nc(C(C)C)[nH]c(=O)c2C)c(C)c1. The highest BCUT2D eigenvalue weighted by Gasteiger charge is 2.15. The smallest absolute Gasteiger partial charge is 0.254 e. The molecule has 0 saturated carbocycles. The summed E-state index contributed by atoms with van der Waals surface area (Å²) in [7, 11) is 0. The first-order valence-corrected chi connectivity index (χ1v) is 7.00. The highest BCUT2D eigenvalue weighted by molar-refractivity contribution is 5.70. The lowest BCUT2D eigenvalue weighted by Gasteiger charge is -2.15. The molecule has 0 spiro atoms. The predicted octanol–water partition coefficient (Wildman–Crippen LogP) is 3.79. The van der Waals surface area contributed by atoms with Crippen LogP contribution in [0.3, 0.4) is 0 Å². The van der Waals surface area contributed by atoms with Crippen LogP contribution in [0.1, 0.15) is 47.8 Å². The zero-order chi connectivity index (χ0) is 15.0. The molecule has 20 heavy (non-hydrogen) atoms. The van der Waals surface area contributed by atoms with Gasteiger partial charge in [0.1, 0.15) is 5.82 Å². The van der Waals surface area contributed by atoms with E-state index in [4.69, 9.17) is 4.98 Å². The molecular weight excluding hydrogens is 248 g/mol. The summed E-state index contributed by atoms with van der Waals surface area (Å²) in [5, 5.41) is 0. The normalized spacial score (nSPS) is 11.2. The molecule has 0 unspecified atom stereocenters. The summed E-state index contributed by atoms with van der Waals surface area (Å²) in [6, 6.07) is 4.28. The van der Waals surface area contributed by atoms with Crippen LogP contribution in [-0.2, 0) is 0 Å². The van der Waals surface area contributed by atoms with Crippen LogP contribution in [0.2, 0.25) is 0 Å². The Morgan fingerprint density at radius 3 is 2.10 bits per heavy atom. The fourth-order valence-corrected chi connectivity index (χ4v) is 2.62. The molecule has 106 valence electrons. The number of aromatic amines is 1. The molecular formula is C17H22N2O. The first-order valence-electron chi connectivity index (χ1n) is 7.00. The van der Waals surface area contributed by atoms with Crippen LogP contribution in [0.15, 0.2) is 16.9 Å². The Labute approximate surface area is 120 Å². The van der Waals surface area contributed by atoms with E-state index in [0.717, 1.165) is 17.1 Å². The number of hydrogen-bond donors (Lipinski definition) is 1. The van der Waals surface area contributed by atoms with E-state index in [9.17, 15) is 4.79 Å². The highest BCUT2D eigenvalue weighted by Crippen LogP contribution is 2.28. The zero-order valence-corrected chi connectivity index (χ0v) is 13.1. The minimum atomic E-state index is -0.0434. The molecule has 3 heteroatoms. The van der Waals surface area contributed by atoms with Crippen LogP contribution < -0.4 is 5.56 Å². The fourth-order valence-electron chi connectivity index (χ4n) is 2.62. The number of hydrogen-bond acceptors (Lipinski definition) is 2. The van der Waals surface area contributed by atoms with Gasteiger partial charge in [-0.05, 0) is 38.8 Å². The molecule has 0 radical (unpaired) electrons. The first kappa shape index (κ1) is 14.5. The van der Waals surface area contributed by atoms with Gasteiger partial charge in [0.2, 0.25) is 0 Å². The Bertz CT molecular complexity index is 688. The van der Waals surface area contributed by atoms with Crippen LogP contribution in [-0.4, -0.2) is 9.97 Å². The molecule has 1 N–H and O–H groups in total. The predicted molar refractivity (Wildman–Crippen MR) is 83.3 cm³/mol. The molecule has 1 heterocycles. The van der Waals surface area contributed by atoms with Gasteiger partial charge >= 0.3 is 0 Å². The Kier molecular flexibility index (Phi) is 3.80. The van der Waals surface area contributed by atoms with Gasteiger partial charge in [0.05, 0.1) is 5.69 Å². The maximum Gasteiger partial charge on any atom is 0.254 e. The zero-order valence-electron chi connectivity index (χ0n) is 13.1. The van der Waals surface area contributed by atoms with Crippen molar-refractivity contribution in [2.24, 2.45) is 0 Å². The van der Waals surface area contributed by atoms with Gasteiger partial charge in [-0.3, -0.25) is 4.79 Å². The second-order valence-electron chi connectivity index (χ2n) is 5.85. The maximum absolute atomic E-state index is 12.1. The van der Waals surface area contributed by atoms with Crippen LogP contribution in [0.5, 0.6) is 0 Å². The van der Waals surface area contributed by atoms with Gasteiger partial charge in [-0.1, -0.05) is 31.5 Å². The summed E-state index contributed by atoms with van der Waals surface area (Å²) in [5.74, 6) is 0.947. The molecule has 1 aromatic heterocycles. The lowest BCUT2D eigenvalue weighted by molar-refractivity contribution is 0.764. The molecule has 0 amide bonds. The van der Waals surface area contributed by atoms with Gasteiger partial charge < -0.3 is 4.98 Å². The van der Waals surface area contributed by atoms with Gasteiger partial charge in [0, 0.05) is 17.0 Å². The average Bonchev–Trinajstić information content (AvgIpc) is 2.32. The molecule has 0 aliphatic carbocycles. The summed E-state index contributed by atoms with van der Waals surface area (Å²) < 4.78 is 0. The second-order valence-corrected chi connectivity index (χ2v) is 5.85. The molecule has 0 fully saturated rings. The third-order valence-corrected chi connectivity index (χ3v) is 3.63. The Morgan fingerprint density at radius 2 is 1.60 bits per heavy atom. The molecule has 2 aromatic rings. The Balaban J connectivity index is 2.79. The number of nitrogens with zero attached hydrogens (tertiary/aromatic N) is 1. The Hall–Kier alpha value is -1.90. The van der Waals surface area contributed by atoms with Gasteiger partial charge in [-0.2, -0.15) is 0 Å². The number of H-pyrrole nitrogens is 1. The molecule has 2 rings (SSSR count). The van der Waals surface area contributed by atoms with E-state index in [1.54, 1.807) is 0 Å². The van der Waals surface area contributed by atoms with Gasteiger partial charge in [0.25, 0.3) is 5.56 Å². The van der Waals surface area contributed by atoms with E-state index < -0.39 is 0 Å². The average molecular weight is 270 g/mol. The van der Waals surface area contributed by atoms with E-state index in [0.29, 0.717) is 5.56 Å². The standard InChI is InChI=1S/C17H22N2O/c1-9(2)16-18-15(13(6)17(20)19-16)14-11(4)7-10(3)8-12(14)5/h7-9H,1-6H3,(H,18,19,20). The molecule has 1 aromatic carbocycles. The van der Waals surface area contributed by atoms with Crippen LogP contribution in [0, 0.1) is 27.7 Å². The van der Waals surface area contributed by atoms with Crippen LogP contribution in [0.4, 0.5) is 0 Å². The molecule has 3 nitrogen and oxygen atoms in total. The first-order chi connectivity index (χ1) is 9.31. The minimum Gasteiger partial charge on any atom is -0.310 e. The van der Waals surface area contributed by atoms with Crippen molar-refractivity contribution in [2.45, 2.75) is 47.5 Å². The van der Waals surface area contributed by atoms with Gasteiger partial charge in [-0.25, -0.2) is 4.98 Å². The van der Waals surface area contributed by atoms with Crippen molar-refractivity contribution in [3.8, 4) is 11.3 Å². The van der Waals surface area contributed by atoms with Crippen LogP contribution >= 0.6 is 0 Å². The lowest BCUT2D eigenvalue weighted by atomic mass is 9.95. The number of aromatic nitrogens is 2. The topological polar surface area (TPSA) is 45.8 Å². The summed E-state index contributed by atoms with van der Waals surface area (Å²) in [5.41, 5.74) is 6.10. The number of nitrogens with one attached hydrogen (secondary N) is 1. The molecule has 0 aliphatic rings.